The van der Waals surface area contributed by atoms with Gasteiger partial charge in [0.25, 0.3) is 5.92 Å². The zero-order chi connectivity index (χ0) is 24.6. The molecule has 1 aliphatic rings. The second-order valence-corrected chi connectivity index (χ2v) is 9.37. The molecule has 0 fully saturated rings. The number of rotatable bonds is 7. The van der Waals surface area contributed by atoms with Crippen molar-refractivity contribution in [3.63, 3.8) is 0 Å². The van der Waals surface area contributed by atoms with E-state index in [0.29, 0.717) is 6.54 Å². The third kappa shape index (κ3) is 4.93. The average Bonchev–Trinajstić information content (AvgIpc) is 3.20. The van der Waals surface area contributed by atoms with Crippen LogP contribution < -0.4 is 10.2 Å². The summed E-state index contributed by atoms with van der Waals surface area (Å²) < 4.78 is 28.5. The molecule has 0 spiro atoms. The molecule has 0 bridgehead atoms. The summed E-state index contributed by atoms with van der Waals surface area (Å²) in [6.07, 6.45) is 6.72. The Kier molecular flexibility index (Phi) is 6.38. The van der Waals surface area contributed by atoms with Gasteiger partial charge in [-0.25, -0.2) is 0 Å². The van der Waals surface area contributed by atoms with E-state index in [2.05, 4.69) is 21.5 Å². The first-order chi connectivity index (χ1) is 16.0. The van der Waals surface area contributed by atoms with Gasteiger partial charge in [0.15, 0.2) is 0 Å². The summed E-state index contributed by atoms with van der Waals surface area (Å²) in [6.45, 7) is 7.30. The van der Waals surface area contributed by atoms with Crippen LogP contribution in [0.4, 0.5) is 20.2 Å². The van der Waals surface area contributed by atoms with Crippen LogP contribution in [0.5, 0.6) is 0 Å². The molecule has 1 N–H and O–H groups in total. The average molecular weight is 469 g/mol. The summed E-state index contributed by atoms with van der Waals surface area (Å²) in [5.41, 5.74) is 5.15. The predicted octanol–water partition coefficient (Wildman–Crippen LogP) is 4.34. The van der Waals surface area contributed by atoms with E-state index in [9.17, 15) is 13.6 Å². The van der Waals surface area contributed by atoms with Gasteiger partial charge in [-0.2, -0.15) is 13.9 Å². The number of pyridine rings is 2. The Labute approximate surface area is 198 Å². The SMILES string of the molecule is Cc1nc(CCc2cnn(Cc3ccc(C(C)(F)F)nc3)c2)cc2c1NC(=O)[C@H](C(C)C)N2C. The summed E-state index contributed by atoms with van der Waals surface area (Å²) in [5.74, 6) is -2.76. The summed E-state index contributed by atoms with van der Waals surface area (Å²) in [5, 5.41) is 7.42. The monoisotopic (exact) mass is 468 g/mol. The Balaban J connectivity index is 1.43. The van der Waals surface area contributed by atoms with Gasteiger partial charge in [0.2, 0.25) is 5.91 Å². The summed E-state index contributed by atoms with van der Waals surface area (Å²) in [6, 6.07) is 4.85. The highest BCUT2D eigenvalue weighted by molar-refractivity contribution is 6.04. The number of aromatic nitrogens is 4. The fraction of sp³-hybridized carbons (Fsp3) is 0.440. The molecule has 0 aliphatic carbocycles. The maximum Gasteiger partial charge on any atom is 0.286 e. The molecule has 1 atom stereocenters. The second-order valence-electron chi connectivity index (χ2n) is 9.37. The van der Waals surface area contributed by atoms with Gasteiger partial charge in [0.1, 0.15) is 11.7 Å². The highest BCUT2D eigenvalue weighted by Gasteiger charge is 2.34. The van der Waals surface area contributed by atoms with Crippen LogP contribution in [0.1, 0.15) is 49.0 Å². The van der Waals surface area contributed by atoms with E-state index in [4.69, 9.17) is 4.98 Å². The molecule has 34 heavy (non-hydrogen) atoms. The van der Waals surface area contributed by atoms with Gasteiger partial charge in [-0.15, -0.1) is 0 Å². The van der Waals surface area contributed by atoms with Crippen molar-refractivity contribution >= 4 is 17.3 Å². The van der Waals surface area contributed by atoms with E-state index in [-0.39, 0.29) is 23.6 Å². The first-order valence-corrected chi connectivity index (χ1v) is 11.4. The van der Waals surface area contributed by atoms with Gasteiger partial charge in [-0.3, -0.25) is 19.4 Å². The number of aryl methyl sites for hydroxylation is 3. The first kappa shape index (κ1) is 23.8. The molecule has 0 aromatic carbocycles. The van der Waals surface area contributed by atoms with Gasteiger partial charge in [0.05, 0.1) is 29.8 Å². The molecular weight excluding hydrogens is 438 g/mol. The molecule has 9 heteroatoms. The number of hydrogen-bond acceptors (Lipinski definition) is 5. The van der Waals surface area contributed by atoms with E-state index in [1.165, 1.54) is 12.3 Å². The molecule has 0 radical (unpaired) electrons. The fourth-order valence-electron chi connectivity index (χ4n) is 4.41. The molecular formula is C25H30F2N6O. The molecule has 4 heterocycles. The Morgan fingerprint density at radius 1 is 1.18 bits per heavy atom. The van der Waals surface area contributed by atoms with Crippen LogP contribution >= 0.6 is 0 Å². The number of fused-ring (bicyclic) bond motifs is 1. The third-order valence-corrected chi connectivity index (χ3v) is 6.15. The molecule has 7 nitrogen and oxygen atoms in total. The van der Waals surface area contributed by atoms with Gasteiger partial charge < -0.3 is 10.2 Å². The lowest BCUT2D eigenvalue weighted by Crippen LogP contribution is -2.49. The Morgan fingerprint density at radius 2 is 1.94 bits per heavy atom. The first-order valence-electron chi connectivity index (χ1n) is 11.4. The van der Waals surface area contributed by atoms with Gasteiger partial charge >= 0.3 is 0 Å². The number of hydrogen-bond donors (Lipinski definition) is 1. The lowest BCUT2D eigenvalue weighted by Gasteiger charge is -2.38. The van der Waals surface area contributed by atoms with Crippen molar-refractivity contribution in [1.82, 2.24) is 19.7 Å². The maximum atomic E-state index is 13.3. The number of likely N-dealkylation sites (N-methyl/N-ethyl adjacent to an activating group) is 1. The number of halogens is 2. The van der Waals surface area contributed by atoms with E-state index < -0.39 is 5.92 Å². The van der Waals surface area contributed by atoms with Crippen LogP contribution in [-0.4, -0.2) is 38.7 Å². The number of amides is 1. The van der Waals surface area contributed by atoms with E-state index in [0.717, 1.165) is 53.7 Å². The minimum absolute atomic E-state index is 0.00307. The lowest BCUT2D eigenvalue weighted by atomic mass is 9.97. The predicted molar refractivity (Wildman–Crippen MR) is 127 cm³/mol. The van der Waals surface area contributed by atoms with Crippen LogP contribution in [0.2, 0.25) is 0 Å². The molecule has 0 saturated heterocycles. The van der Waals surface area contributed by atoms with E-state index >= 15 is 0 Å². The van der Waals surface area contributed by atoms with Crippen molar-refractivity contribution in [2.75, 3.05) is 17.3 Å². The standard InChI is InChI=1S/C25H30F2N6O/c1-15(2)23-24(34)31-22-16(3)30-19(10-20(22)32(23)5)8-6-18-12-29-33(14-18)13-17-7-9-21(28-11-17)25(4,26)27/h7,9-12,14-15,23H,6,8,13H2,1-5H3,(H,31,34)/t23-/m0/s1. The van der Waals surface area contributed by atoms with Crippen molar-refractivity contribution in [2.24, 2.45) is 5.92 Å². The van der Waals surface area contributed by atoms with Crippen LogP contribution in [0.15, 0.2) is 36.8 Å². The van der Waals surface area contributed by atoms with Gasteiger partial charge in [0, 0.05) is 32.1 Å². The zero-order valence-electron chi connectivity index (χ0n) is 20.1. The van der Waals surface area contributed by atoms with Crippen molar-refractivity contribution in [2.45, 2.75) is 59.0 Å². The van der Waals surface area contributed by atoms with Crippen molar-refractivity contribution in [1.29, 1.82) is 0 Å². The molecule has 0 unspecified atom stereocenters. The molecule has 1 aliphatic heterocycles. The molecule has 3 aromatic rings. The quantitative estimate of drug-likeness (QED) is 0.558. The Hall–Kier alpha value is -3.36. The van der Waals surface area contributed by atoms with Crippen LogP contribution in [0.3, 0.4) is 0 Å². The number of carbonyl (C=O) groups excluding carboxylic acids is 1. The Morgan fingerprint density at radius 3 is 2.59 bits per heavy atom. The summed E-state index contributed by atoms with van der Waals surface area (Å²) in [4.78, 5) is 23.1. The van der Waals surface area contributed by atoms with Crippen molar-refractivity contribution in [3.8, 4) is 0 Å². The normalized spacial score (nSPS) is 16.1. The highest BCUT2D eigenvalue weighted by atomic mass is 19.3. The molecule has 180 valence electrons. The van der Waals surface area contributed by atoms with Gasteiger partial charge in [-0.05, 0) is 48.9 Å². The Bertz CT molecular complexity index is 1180. The molecule has 0 saturated carbocycles. The number of alkyl halides is 2. The third-order valence-electron chi connectivity index (χ3n) is 6.15. The minimum atomic E-state index is -2.95. The lowest BCUT2D eigenvalue weighted by molar-refractivity contribution is -0.118. The molecule has 4 rings (SSSR count). The topological polar surface area (TPSA) is 75.9 Å². The van der Waals surface area contributed by atoms with Gasteiger partial charge in [-0.1, -0.05) is 19.9 Å². The second kappa shape index (κ2) is 9.12. The zero-order valence-corrected chi connectivity index (χ0v) is 20.1. The summed E-state index contributed by atoms with van der Waals surface area (Å²) >= 11 is 0. The fourth-order valence-corrected chi connectivity index (χ4v) is 4.41. The summed E-state index contributed by atoms with van der Waals surface area (Å²) in [7, 11) is 1.96. The van der Waals surface area contributed by atoms with Crippen LogP contribution in [0, 0.1) is 12.8 Å². The molecule has 3 aromatic heterocycles. The molecule has 1 amide bonds. The number of nitrogens with zero attached hydrogens (tertiary/aromatic N) is 5. The highest BCUT2D eigenvalue weighted by Crippen LogP contribution is 2.35. The smallest absolute Gasteiger partial charge is 0.286 e. The van der Waals surface area contributed by atoms with Crippen LogP contribution in [0.25, 0.3) is 0 Å². The van der Waals surface area contributed by atoms with Crippen molar-refractivity contribution < 1.29 is 13.6 Å². The number of anilines is 2. The van der Waals surface area contributed by atoms with E-state index in [1.807, 2.05) is 45.1 Å². The minimum Gasteiger partial charge on any atom is -0.361 e. The largest absolute Gasteiger partial charge is 0.361 e. The van der Waals surface area contributed by atoms with Crippen molar-refractivity contribution in [3.05, 3.63) is 65.0 Å². The van der Waals surface area contributed by atoms with Crippen LogP contribution in [-0.2, 0) is 30.1 Å². The van der Waals surface area contributed by atoms with E-state index in [1.54, 1.807) is 10.7 Å². The number of nitrogens with one attached hydrogen (secondary N) is 1. The maximum absolute atomic E-state index is 13.3. The number of carbonyl (C=O) groups is 1.